The van der Waals surface area contributed by atoms with Gasteiger partial charge in [0.1, 0.15) is 16.8 Å². The molecular weight excluding hydrogens is 246 g/mol. The number of H-pyrrole nitrogens is 1. The van der Waals surface area contributed by atoms with Gasteiger partial charge >= 0.3 is 0 Å². The maximum Gasteiger partial charge on any atom is 0.186 e. The number of hydrogen-bond donors (Lipinski definition) is 2. The zero-order valence-corrected chi connectivity index (χ0v) is 9.93. The third-order valence-electron chi connectivity index (χ3n) is 1.96. The van der Waals surface area contributed by atoms with Gasteiger partial charge in [-0.05, 0) is 6.92 Å². The minimum atomic E-state index is -0.0104. The Hall–Kier alpha value is -1.58. The Balaban J connectivity index is 2.13. The van der Waals surface area contributed by atoms with Gasteiger partial charge in [0.15, 0.2) is 10.3 Å². The molecule has 16 heavy (non-hydrogen) atoms. The van der Waals surface area contributed by atoms with Crippen molar-refractivity contribution >= 4 is 28.1 Å². The lowest BCUT2D eigenvalue weighted by Crippen LogP contribution is -2.07. The molecule has 5 nitrogen and oxygen atoms in total. The Kier molecular flexibility index (Phi) is 3.08. The van der Waals surface area contributed by atoms with Gasteiger partial charge in [-0.15, -0.1) is 0 Å². The molecule has 0 saturated carbocycles. The summed E-state index contributed by atoms with van der Waals surface area (Å²) in [6.45, 7) is 1.94. The maximum absolute atomic E-state index is 8.74. The first-order chi connectivity index (χ1) is 7.70. The number of hydrogen-bond acceptors (Lipinski definition) is 5. The summed E-state index contributed by atoms with van der Waals surface area (Å²) < 4.78 is 0. The summed E-state index contributed by atoms with van der Waals surface area (Å²) >= 11 is 6.99. The van der Waals surface area contributed by atoms with E-state index in [1.807, 2.05) is 13.0 Å². The summed E-state index contributed by atoms with van der Waals surface area (Å²) in [5.41, 5.74) is 0. The van der Waals surface area contributed by atoms with Crippen molar-refractivity contribution in [1.29, 1.82) is 5.26 Å². The SMILES string of the molecule is CC(Nc1nc(Cl)c(C#N)s1)c1ncc[nH]1. The predicted molar refractivity (Wildman–Crippen MR) is 62.5 cm³/mol. The van der Waals surface area contributed by atoms with E-state index in [0.29, 0.717) is 10.0 Å². The summed E-state index contributed by atoms with van der Waals surface area (Å²) in [4.78, 5) is 11.6. The molecule has 82 valence electrons. The van der Waals surface area contributed by atoms with Gasteiger partial charge in [0, 0.05) is 12.4 Å². The van der Waals surface area contributed by atoms with Crippen LogP contribution in [0.25, 0.3) is 0 Å². The van der Waals surface area contributed by atoms with E-state index in [-0.39, 0.29) is 11.2 Å². The molecule has 0 aliphatic rings. The number of nitrogens with one attached hydrogen (secondary N) is 2. The Bertz CT molecular complexity index is 512. The van der Waals surface area contributed by atoms with Crippen LogP contribution in [0.5, 0.6) is 0 Å². The minimum absolute atomic E-state index is 0.0104. The highest BCUT2D eigenvalue weighted by atomic mass is 35.5. The van der Waals surface area contributed by atoms with Crippen LogP contribution in [0.1, 0.15) is 23.7 Å². The van der Waals surface area contributed by atoms with Crippen molar-refractivity contribution in [3.63, 3.8) is 0 Å². The Morgan fingerprint density at radius 1 is 1.69 bits per heavy atom. The van der Waals surface area contributed by atoms with Crippen molar-refractivity contribution in [2.45, 2.75) is 13.0 Å². The van der Waals surface area contributed by atoms with E-state index < -0.39 is 0 Å². The van der Waals surface area contributed by atoms with Gasteiger partial charge in [-0.25, -0.2) is 9.97 Å². The van der Waals surface area contributed by atoms with E-state index in [0.717, 1.165) is 5.82 Å². The normalized spacial score (nSPS) is 12.1. The number of anilines is 1. The quantitative estimate of drug-likeness (QED) is 0.881. The third-order valence-corrected chi connectivity index (χ3v) is 3.23. The van der Waals surface area contributed by atoms with Gasteiger partial charge < -0.3 is 10.3 Å². The highest BCUT2D eigenvalue weighted by Crippen LogP contribution is 2.28. The fourth-order valence-corrected chi connectivity index (χ4v) is 2.23. The molecule has 1 unspecified atom stereocenters. The smallest absolute Gasteiger partial charge is 0.186 e. The van der Waals surface area contributed by atoms with Crippen molar-refractivity contribution in [3.05, 3.63) is 28.2 Å². The van der Waals surface area contributed by atoms with Gasteiger partial charge in [-0.2, -0.15) is 5.26 Å². The second-order valence-corrected chi connectivity index (χ2v) is 4.45. The Morgan fingerprint density at radius 2 is 2.50 bits per heavy atom. The topological polar surface area (TPSA) is 77.4 Å². The highest BCUT2D eigenvalue weighted by molar-refractivity contribution is 7.16. The Morgan fingerprint density at radius 3 is 3.06 bits per heavy atom. The average Bonchev–Trinajstić information content (AvgIpc) is 2.87. The zero-order chi connectivity index (χ0) is 11.5. The van der Waals surface area contributed by atoms with Crippen LogP contribution in [-0.4, -0.2) is 15.0 Å². The molecule has 0 fully saturated rings. The number of nitrogens with zero attached hydrogens (tertiary/aromatic N) is 3. The molecular formula is C9H8ClN5S. The molecule has 2 heterocycles. The van der Waals surface area contributed by atoms with Crippen LogP contribution in [0.3, 0.4) is 0 Å². The molecule has 0 saturated heterocycles. The molecule has 0 spiro atoms. The summed E-state index contributed by atoms with van der Waals surface area (Å²) in [6.07, 6.45) is 3.44. The van der Waals surface area contributed by atoms with Crippen LogP contribution >= 0.6 is 22.9 Å². The standard InChI is InChI=1S/C9H8ClN5S/c1-5(8-12-2-3-13-8)14-9-15-7(10)6(4-11)16-9/h2-3,5H,1H3,(H,12,13)(H,14,15). The van der Waals surface area contributed by atoms with Crippen LogP contribution in [0.15, 0.2) is 12.4 Å². The molecule has 0 bridgehead atoms. The van der Waals surface area contributed by atoms with Gasteiger partial charge in [0.05, 0.1) is 6.04 Å². The lowest BCUT2D eigenvalue weighted by molar-refractivity contribution is 0.808. The van der Waals surface area contributed by atoms with Gasteiger partial charge in [-0.3, -0.25) is 0 Å². The number of rotatable bonds is 3. The van der Waals surface area contributed by atoms with Crippen molar-refractivity contribution in [2.75, 3.05) is 5.32 Å². The van der Waals surface area contributed by atoms with Crippen LogP contribution < -0.4 is 5.32 Å². The molecule has 0 aromatic carbocycles. The van der Waals surface area contributed by atoms with E-state index >= 15 is 0 Å². The maximum atomic E-state index is 8.74. The molecule has 0 aliphatic heterocycles. The minimum Gasteiger partial charge on any atom is -0.352 e. The molecule has 2 rings (SSSR count). The van der Waals surface area contributed by atoms with E-state index in [4.69, 9.17) is 16.9 Å². The van der Waals surface area contributed by atoms with Crippen molar-refractivity contribution in [1.82, 2.24) is 15.0 Å². The largest absolute Gasteiger partial charge is 0.352 e. The van der Waals surface area contributed by atoms with E-state index in [9.17, 15) is 0 Å². The predicted octanol–water partition coefficient (Wildman–Crippen LogP) is 2.56. The van der Waals surface area contributed by atoms with Gasteiger partial charge in [-0.1, -0.05) is 22.9 Å². The number of thiazole rings is 1. The molecule has 1 atom stereocenters. The monoisotopic (exact) mass is 253 g/mol. The highest BCUT2D eigenvalue weighted by Gasteiger charge is 2.12. The van der Waals surface area contributed by atoms with Gasteiger partial charge in [0.25, 0.3) is 0 Å². The summed E-state index contributed by atoms with van der Waals surface area (Å²) in [5, 5.41) is 12.7. The number of aromatic amines is 1. The van der Waals surface area contributed by atoms with Crippen molar-refractivity contribution in [3.8, 4) is 6.07 Å². The molecule has 0 amide bonds. The number of halogens is 1. The molecule has 2 aromatic rings. The van der Waals surface area contributed by atoms with E-state index in [1.165, 1.54) is 11.3 Å². The second-order valence-electron chi connectivity index (χ2n) is 3.09. The first-order valence-electron chi connectivity index (χ1n) is 4.53. The first-order valence-corrected chi connectivity index (χ1v) is 5.72. The number of nitriles is 1. The van der Waals surface area contributed by atoms with Crippen molar-refractivity contribution in [2.24, 2.45) is 0 Å². The Labute approximate surface area is 101 Å². The summed E-state index contributed by atoms with van der Waals surface area (Å²) in [6, 6.07) is 1.97. The average molecular weight is 254 g/mol. The fraction of sp³-hybridized carbons (Fsp3) is 0.222. The number of imidazole rings is 1. The molecule has 0 radical (unpaired) electrons. The van der Waals surface area contributed by atoms with Crippen LogP contribution in [-0.2, 0) is 0 Å². The van der Waals surface area contributed by atoms with Gasteiger partial charge in [0.2, 0.25) is 0 Å². The molecule has 0 aliphatic carbocycles. The molecule has 2 aromatic heterocycles. The summed E-state index contributed by atoms with van der Waals surface area (Å²) in [7, 11) is 0. The van der Waals surface area contributed by atoms with E-state index in [1.54, 1.807) is 12.4 Å². The van der Waals surface area contributed by atoms with Crippen LogP contribution in [0.2, 0.25) is 5.15 Å². The lowest BCUT2D eigenvalue weighted by Gasteiger charge is -2.08. The van der Waals surface area contributed by atoms with Crippen LogP contribution in [0.4, 0.5) is 5.13 Å². The third kappa shape index (κ3) is 2.15. The zero-order valence-electron chi connectivity index (χ0n) is 8.36. The summed E-state index contributed by atoms with van der Waals surface area (Å²) in [5.74, 6) is 0.810. The molecule has 2 N–H and O–H groups in total. The fourth-order valence-electron chi connectivity index (χ4n) is 1.20. The van der Waals surface area contributed by atoms with E-state index in [2.05, 4.69) is 20.3 Å². The number of aromatic nitrogens is 3. The van der Waals surface area contributed by atoms with Crippen molar-refractivity contribution < 1.29 is 0 Å². The van der Waals surface area contributed by atoms with Crippen LogP contribution in [0, 0.1) is 11.3 Å². The second kappa shape index (κ2) is 4.51. The molecule has 7 heteroatoms. The first kappa shape index (κ1) is 10.9. The lowest BCUT2D eigenvalue weighted by atomic mass is 10.3.